The van der Waals surface area contributed by atoms with Crippen molar-refractivity contribution >= 4 is 5.91 Å². The smallest absolute Gasteiger partial charge is 0.267 e. The average Bonchev–Trinajstić information content (AvgIpc) is 3.16. The van der Waals surface area contributed by atoms with Gasteiger partial charge in [-0.1, -0.05) is 12.1 Å². The zero-order valence-electron chi connectivity index (χ0n) is 14.7. The van der Waals surface area contributed by atoms with Gasteiger partial charge in [0.25, 0.3) is 11.8 Å². The second-order valence-electron chi connectivity index (χ2n) is 6.44. The van der Waals surface area contributed by atoms with Crippen LogP contribution in [0, 0.1) is 11.3 Å². The first-order valence-electron chi connectivity index (χ1n) is 8.74. The first-order chi connectivity index (χ1) is 13.2. The maximum atomic E-state index is 12.9. The maximum absolute atomic E-state index is 12.9. The van der Waals surface area contributed by atoms with Crippen LogP contribution in [-0.2, 0) is 4.79 Å². The van der Waals surface area contributed by atoms with Gasteiger partial charge in [0.05, 0.1) is 6.54 Å². The Morgan fingerprint density at radius 2 is 2.00 bits per heavy atom. The van der Waals surface area contributed by atoms with Gasteiger partial charge in [-0.25, -0.2) is 9.97 Å². The van der Waals surface area contributed by atoms with E-state index in [0.29, 0.717) is 31.0 Å². The highest BCUT2D eigenvalue weighted by Crippen LogP contribution is 2.34. The molecule has 0 bridgehead atoms. The molecule has 0 aliphatic carbocycles. The maximum Gasteiger partial charge on any atom is 0.267 e. The summed E-state index contributed by atoms with van der Waals surface area (Å²) in [6.07, 6.45) is 2.22. The minimum absolute atomic E-state index is 0.136. The average molecular weight is 366 g/mol. The summed E-state index contributed by atoms with van der Waals surface area (Å²) < 4.78 is 17.5. The number of carbonyl (C=O) groups is 1. The number of para-hydroxylation sites is 2. The van der Waals surface area contributed by atoms with Crippen LogP contribution in [0.15, 0.2) is 36.7 Å². The zero-order chi connectivity index (χ0) is 18.8. The molecule has 2 aliphatic heterocycles. The summed E-state index contributed by atoms with van der Waals surface area (Å²) in [4.78, 5) is 22.6. The van der Waals surface area contributed by atoms with Gasteiger partial charge in [0.2, 0.25) is 11.8 Å². The molecule has 138 valence electrons. The van der Waals surface area contributed by atoms with E-state index in [2.05, 4.69) is 9.97 Å². The Morgan fingerprint density at radius 1 is 1.26 bits per heavy atom. The van der Waals surface area contributed by atoms with Gasteiger partial charge in [-0.15, -0.1) is 0 Å². The van der Waals surface area contributed by atoms with Gasteiger partial charge in [0.1, 0.15) is 18.3 Å². The Hall–Kier alpha value is -3.34. The largest absolute Gasteiger partial charge is 0.482 e. The molecule has 1 aromatic heterocycles. The normalized spacial score (nSPS) is 23.6. The number of ether oxygens (including phenoxy) is 3. The quantitative estimate of drug-likeness (QED) is 0.813. The van der Waals surface area contributed by atoms with Gasteiger partial charge in [-0.2, -0.15) is 5.26 Å². The Morgan fingerprint density at radius 3 is 2.78 bits per heavy atom. The number of nitriles is 1. The lowest BCUT2D eigenvalue weighted by Crippen LogP contribution is -2.50. The molecule has 1 aromatic carbocycles. The van der Waals surface area contributed by atoms with Crippen molar-refractivity contribution in [1.82, 2.24) is 14.9 Å². The van der Waals surface area contributed by atoms with Gasteiger partial charge in [-0.05, 0) is 19.1 Å². The van der Waals surface area contributed by atoms with Crippen molar-refractivity contribution in [1.29, 1.82) is 5.26 Å². The number of hydrogen-bond donors (Lipinski definition) is 0. The van der Waals surface area contributed by atoms with Gasteiger partial charge < -0.3 is 19.1 Å². The number of nitrogens with zero attached hydrogens (tertiary/aromatic N) is 4. The summed E-state index contributed by atoms with van der Waals surface area (Å²) >= 11 is 0. The molecule has 0 unspecified atom stereocenters. The van der Waals surface area contributed by atoms with Crippen LogP contribution in [0.3, 0.4) is 0 Å². The van der Waals surface area contributed by atoms with Crippen LogP contribution in [-0.4, -0.2) is 52.2 Å². The third-order valence-electron chi connectivity index (χ3n) is 4.59. The van der Waals surface area contributed by atoms with Crippen LogP contribution < -0.4 is 14.2 Å². The highest BCUT2D eigenvalue weighted by Gasteiger charge is 2.39. The van der Waals surface area contributed by atoms with Crippen molar-refractivity contribution in [3.63, 3.8) is 0 Å². The van der Waals surface area contributed by atoms with Gasteiger partial charge in [0.15, 0.2) is 11.5 Å². The Labute approximate surface area is 156 Å². The lowest BCUT2D eigenvalue weighted by Gasteiger charge is -2.33. The van der Waals surface area contributed by atoms with E-state index in [-0.39, 0.29) is 23.6 Å². The summed E-state index contributed by atoms with van der Waals surface area (Å²) in [5, 5.41) is 9.08. The number of rotatable bonds is 3. The molecule has 3 atom stereocenters. The predicted molar refractivity (Wildman–Crippen MR) is 93.3 cm³/mol. The molecule has 3 heterocycles. The molecule has 0 spiro atoms. The Bertz CT molecular complexity index is 897. The summed E-state index contributed by atoms with van der Waals surface area (Å²) in [6.45, 7) is 2.76. The third kappa shape index (κ3) is 3.36. The number of amides is 1. The van der Waals surface area contributed by atoms with Crippen molar-refractivity contribution in [2.24, 2.45) is 0 Å². The summed E-state index contributed by atoms with van der Waals surface area (Å²) in [5.41, 5.74) is 0.136. The highest BCUT2D eigenvalue weighted by molar-refractivity contribution is 5.82. The van der Waals surface area contributed by atoms with E-state index in [9.17, 15) is 4.79 Å². The fraction of sp³-hybridized carbons (Fsp3) is 0.368. The molecule has 0 N–H and O–H groups in total. The molecule has 0 radical (unpaired) electrons. The Balaban J connectivity index is 1.42. The predicted octanol–water partition coefficient (Wildman–Crippen LogP) is 1.56. The van der Waals surface area contributed by atoms with E-state index >= 15 is 0 Å². The summed E-state index contributed by atoms with van der Waals surface area (Å²) in [7, 11) is 0. The van der Waals surface area contributed by atoms with Gasteiger partial charge in [0, 0.05) is 25.4 Å². The van der Waals surface area contributed by atoms with E-state index in [1.165, 1.54) is 12.4 Å². The highest BCUT2D eigenvalue weighted by atomic mass is 16.6. The minimum Gasteiger partial charge on any atom is -0.482 e. The van der Waals surface area contributed by atoms with E-state index in [1.54, 1.807) is 11.0 Å². The molecule has 8 nitrogen and oxygen atoms in total. The van der Waals surface area contributed by atoms with Gasteiger partial charge >= 0.3 is 0 Å². The van der Waals surface area contributed by atoms with Crippen molar-refractivity contribution in [3.8, 4) is 23.4 Å². The van der Waals surface area contributed by atoms with Crippen molar-refractivity contribution < 1.29 is 19.0 Å². The molecule has 1 amide bonds. The summed E-state index contributed by atoms with van der Waals surface area (Å²) in [5.74, 6) is 1.27. The molecular weight excluding hydrogens is 348 g/mol. The van der Waals surface area contributed by atoms with E-state index in [0.717, 1.165) is 0 Å². The first-order valence-corrected chi connectivity index (χ1v) is 8.74. The fourth-order valence-corrected chi connectivity index (χ4v) is 3.24. The van der Waals surface area contributed by atoms with Crippen LogP contribution in [0.25, 0.3) is 0 Å². The number of hydrogen-bond acceptors (Lipinski definition) is 7. The summed E-state index contributed by atoms with van der Waals surface area (Å²) in [6, 6.07) is 9.26. The van der Waals surface area contributed by atoms with Crippen LogP contribution in [0.2, 0.25) is 0 Å². The molecule has 27 heavy (non-hydrogen) atoms. The molecule has 2 aromatic rings. The number of benzene rings is 1. The first kappa shape index (κ1) is 17.1. The number of carbonyl (C=O) groups excluding carboxylic acids is 1. The number of fused-ring (bicyclic) bond motifs is 1. The van der Waals surface area contributed by atoms with Crippen LogP contribution >= 0.6 is 0 Å². The molecular formula is C19H18N4O4. The lowest BCUT2D eigenvalue weighted by molar-refractivity contribution is -0.143. The standard InChI is InChI=1S/C19H18N4O4/c1-12-17(27-16-5-3-2-4-15(16)25-12)19(24)23-9-6-13(11-23)26-18-14(10-20)21-7-8-22-18/h2-5,7-8,12-13,17H,6,9,11H2,1H3/t12-,13-,17-/m0/s1. The molecule has 4 rings (SSSR count). The second-order valence-corrected chi connectivity index (χ2v) is 6.44. The molecule has 1 saturated heterocycles. The van der Waals surface area contributed by atoms with Crippen LogP contribution in [0.1, 0.15) is 19.0 Å². The number of likely N-dealkylation sites (tertiary alicyclic amines) is 1. The van der Waals surface area contributed by atoms with Crippen LogP contribution in [0.4, 0.5) is 0 Å². The van der Waals surface area contributed by atoms with Gasteiger partial charge in [-0.3, -0.25) is 4.79 Å². The third-order valence-corrected chi connectivity index (χ3v) is 4.59. The van der Waals surface area contributed by atoms with E-state index < -0.39 is 12.2 Å². The zero-order valence-corrected chi connectivity index (χ0v) is 14.7. The van der Waals surface area contributed by atoms with E-state index in [4.69, 9.17) is 19.5 Å². The monoisotopic (exact) mass is 366 g/mol. The fourth-order valence-electron chi connectivity index (χ4n) is 3.24. The van der Waals surface area contributed by atoms with Crippen molar-refractivity contribution in [3.05, 3.63) is 42.4 Å². The molecule has 8 heteroatoms. The topological polar surface area (TPSA) is 97.6 Å². The Kier molecular flexibility index (Phi) is 4.50. The number of aromatic nitrogens is 2. The molecule has 1 fully saturated rings. The second kappa shape index (κ2) is 7.11. The minimum atomic E-state index is -0.704. The van der Waals surface area contributed by atoms with Crippen LogP contribution in [0.5, 0.6) is 17.4 Å². The molecule has 2 aliphatic rings. The molecule has 0 saturated carbocycles. The van der Waals surface area contributed by atoms with E-state index in [1.807, 2.05) is 31.2 Å². The van der Waals surface area contributed by atoms with Crippen molar-refractivity contribution in [2.45, 2.75) is 31.7 Å². The lowest BCUT2D eigenvalue weighted by atomic mass is 10.1. The van der Waals surface area contributed by atoms with Crippen molar-refractivity contribution in [2.75, 3.05) is 13.1 Å². The SMILES string of the molecule is C[C@@H]1Oc2ccccc2O[C@@H]1C(=O)N1CC[C@H](Oc2nccnc2C#N)C1.